The highest BCUT2D eigenvalue weighted by atomic mass is 32.1. The van der Waals surface area contributed by atoms with Crippen molar-refractivity contribution in [1.29, 1.82) is 0 Å². The van der Waals surface area contributed by atoms with Crippen molar-refractivity contribution in [3.8, 4) is 11.4 Å². The number of nitrogens with two attached hydrogens (primary N) is 1. The first kappa shape index (κ1) is 15.2. The predicted octanol–water partition coefficient (Wildman–Crippen LogP) is 3.66. The summed E-state index contributed by atoms with van der Waals surface area (Å²) in [5.74, 6) is 2.70. The third-order valence-corrected chi connectivity index (χ3v) is 4.64. The van der Waals surface area contributed by atoms with E-state index in [4.69, 9.17) is 10.3 Å². The number of aromatic nitrogens is 2. The summed E-state index contributed by atoms with van der Waals surface area (Å²) in [4.78, 5) is 4.50. The van der Waals surface area contributed by atoms with Gasteiger partial charge in [-0.1, -0.05) is 19.0 Å². The van der Waals surface area contributed by atoms with Crippen LogP contribution in [0.1, 0.15) is 38.1 Å². The molecule has 0 saturated carbocycles. The maximum atomic E-state index is 5.67. The van der Waals surface area contributed by atoms with Crippen LogP contribution in [0.5, 0.6) is 0 Å². The normalized spacial score (nSPS) is 13.1. The van der Waals surface area contributed by atoms with Crippen LogP contribution < -0.4 is 5.73 Å². The van der Waals surface area contributed by atoms with Crippen molar-refractivity contribution in [3.63, 3.8) is 0 Å². The topological polar surface area (TPSA) is 64.9 Å². The minimum Gasteiger partial charge on any atom is -0.339 e. The number of aryl methyl sites for hydroxylation is 2. The van der Waals surface area contributed by atoms with Gasteiger partial charge >= 0.3 is 0 Å². The van der Waals surface area contributed by atoms with Crippen LogP contribution in [0.3, 0.4) is 0 Å². The van der Waals surface area contributed by atoms with Crippen LogP contribution in [0.15, 0.2) is 15.3 Å². The lowest BCUT2D eigenvalue weighted by Gasteiger charge is -2.18. The molecule has 2 aromatic rings. The van der Waals surface area contributed by atoms with E-state index in [-0.39, 0.29) is 0 Å². The van der Waals surface area contributed by atoms with Gasteiger partial charge in [0, 0.05) is 17.4 Å². The second-order valence-electron chi connectivity index (χ2n) is 5.60. The molecule has 2 N–H and O–H groups in total. The van der Waals surface area contributed by atoms with Crippen LogP contribution in [0, 0.1) is 18.8 Å². The second-order valence-corrected chi connectivity index (χ2v) is 6.34. The van der Waals surface area contributed by atoms with E-state index in [2.05, 4.69) is 41.7 Å². The molecule has 0 aliphatic heterocycles. The first-order valence-corrected chi connectivity index (χ1v) is 8.12. The van der Waals surface area contributed by atoms with Crippen LogP contribution in [-0.4, -0.2) is 16.7 Å². The summed E-state index contributed by atoms with van der Waals surface area (Å²) in [5, 5.41) is 8.25. The molecule has 0 radical (unpaired) electrons. The summed E-state index contributed by atoms with van der Waals surface area (Å²) >= 11 is 1.66. The number of hydrogen-bond donors (Lipinski definition) is 1. The maximum absolute atomic E-state index is 5.67. The lowest BCUT2D eigenvalue weighted by molar-refractivity contribution is 0.313. The monoisotopic (exact) mass is 293 g/mol. The molecule has 0 spiro atoms. The molecule has 1 unspecified atom stereocenters. The molecule has 0 fully saturated rings. The van der Waals surface area contributed by atoms with Crippen LogP contribution in [0.2, 0.25) is 0 Å². The molecule has 0 aliphatic carbocycles. The number of thiophene rings is 1. The Balaban J connectivity index is 1.98. The Hall–Kier alpha value is -1.20. The zero-order valence-corrected chi connectivity index (χ0v) is 13.2. The number of nitrogens with zero attached hydrogens (tertiary/aromatic N) is 2. The van der Waals surface area contributed by atoms with E-state index < -0.39 is 0 Å². The third kappa shape index (κ3) is 3.67. The van der Waals surface area contributed by atoms with E-state index in [1.165, 1.54) is 5.56 Å². The molecule has 2 rings (SSSR count). The highest BCUT2D eigenvalue weighted by Crippen LogP contribution is 2.25. The SMILES string of the molecule is Cc1cscc1-c1noc(CCC(CCN)C(C)C)n1. The molecule has 0 saturated heterocycles. The van der Waals surface area contributed by atoms with Gasteiger partial charge < -0.3 is 10.3 Å². The van der Waals surface area contributed by atoms with Crippen LogP contribution in [0.4, 0.5) is 0 Å². The van der Waals surface area contributed by atoms with Crippen LogP contribution in [-0.2, 0) is 6.42 Å². The molecule has 20 heavy (non-hydrogen) atoms. The molecule has 1 atom stereocenters. The van der Waals surface area contributed by atoms with E-state index in [0.29, 0.717) is 17.7 Å². The lowest BCUT2D eigenvalue weighted by atomic mass is 9.88. The van der Waals surface area contributed by atoms with Gasteiger partial charge in [-0.2, -0.15) is 16.3 Å². The molecule has 2 aromatic heterocycles. The van der Waals surface area contributed by atoms with Crippen molar-refractivity contribution >= 4 is 11.3 Å². The smallest absolute Gasteiger partial charge is 0.226 e. The van der Waals surface area contributed by atoms with Gasteiger partial charge in [-0.15, -0.1) is 0 Å². The lowest BCUT2D eigenvalue weighted by Crippen LogP contribution is -2.15. The summed E-state index contributed by atoms with van der Waals surface area (Å²) in [7, 11) is 0. The first-order valence-electron chi connectivity index (χ1n) is 7.17. The summed E-state index contributed by atoms with van der Waals surface area (Å²) in [5.41, 5.74) is 7.95. The Morgan fingerprint density at radius 2 is 2.10 bits per heavy atom. The molecule has 5 heteroatoms. The van der Waals surface area contributed by atoms with Crippen molar-refractivity contribution in [1.82, 2.24) is 10.1 Å². The first-order chi connectivity index (χ1) is 9.61. The standard InChI is InChI=1S/C15H23N3OS/c1-10(2)12(6-7-16)4-5-14-17-15(18-19-14)13-9-20-8-11(13)3/h8-10,12H,4-7,16H2,1-3H3. The van der Waals surface area contributed by atoms with E-state index in [0.717, 1.165) is 37.3 Å². The Labute approximate surface area is 124 Å². The minimum absolute atomic E-state index is 0.623. The molecular formula is C15H23N3OS. The summed E-state index contributed by atoms with van der Waals surface area (Å²) in [6, 6.07) is 0. The van der Waals surface area contributed by atoms with Gasteiger partial charge in [0.2, 0.25) is 11.7 Å². The van der Waals surface area contributed by atoms with Gasteiger partial charge in [-0.25, -0.2) is 0 Å². The van der Waals surface area contributed by atoms with Crippen molar-refractivity contribution in [3.05, 3.63) is 22.2 Å². The molecule has 0 aliphatic rings. The van der Waals surface area contributed by atoms with E-state index in [9.17, 15) is 0 Å². The van der Waals surface area contributed by atoms with Crippen molar-refractivity contribution in [2.75, 3.05) is 6.54 Å². The summed E-state index contributed by atoms with van der Waals surface area (Å²) in [6.45, 7) is 7.30. The molecule has 2 heterocycles. The quantitative estimate of drug-likeness (QED) is 0.846. The molecule has 0 aromatic carbocycles. The molecular weight excluding hydrogens is 270 g/mol. The van der Waals surface area contributed by atoms with E-state index in [1.807, 2.05) is 0 Å². The molecule has 0 amide bonds. The maximum Gasteiger partial charge on any atom is 0.226 e. The van der Waals surface area contributed by atoms with Crippen LogP contribution >= 0.6 is 11.3 Å². The van der Waals surface area contributed by atoms with E-state index >= 15 is 0 Å². The highest BCUT2D eigenvalue weighted by molar-refractivity contribution is 7.08. The predicted molar refractivity (Wildman–Crippen MR) is 82.7 cm³/mol. The van der Waals surface area contributed by atoms with Crippen molar-refractivity contribution < 1.29 is 4.52 Å². The van der Waals surface area contributed by atoms with Crippen molar-refractivity contribution in [2.45, 2.75) is 40.0 Å². The fourth-order valence-electron chi connectivity index (χ4n) is 2.39. The minimum atomic E-state index is 0.623. The number of hydrogen-bond acceptors (Lipinski definition) is 5. The second kappa shape index (κ2) is 6.99. The molecule has 4 nitrogen and oxygen atoms in total. The van der Waals surface area contributed by atoms with E-state index in [1.54, 1.807) is 11.3 Å². The average molecular weight is 293 g/mol. The van der Waals surface area contributed by atoms with Gasteiger partial charge in [0.25, 0.3) is 0 Å². The third-order valence-electron chi connectivity index (χ3n) is 3.77. The summed E-state index contributed by atoms with van der Waals surface area (Å²) < 4.78 is 5.36. The summed E-state index contributed by atoms with van der Waals surface area (Å²) in [6.07, 6.45) is 2.94. The van der Waals surface area contributed by atoms with Gasteiger partial charge in [0.1, 0.15) is 0 Å². The van der Waals surface area contributed by atoms with Gasteiger partial charge in [-0.3, -0.25) is 0 Å². The fourth-order valence-corrected chi connectivity index (χ4v) is 3.22. The van der Waals surface area contributed by atoms with Gasteiger partial charge in [-0.05, 0) is 49.1 Å². The Morgan fingerprint density at radius 3 is 2.70 bits per heavy atom. The Bertz CT molecular complexity index is 533. The zero-order chi connectivity index (χ0) is 14.5. The Kier molecular flexibility index (Phi) is 5.31. The van der Waals surface area contributed by atoms with Gasteiger partial charge in [0.15, 0.2) is 0 Å². The van der Waals surface area contributed by atoms with Crippen LogP contribution in [0.25, 0.3) is 11.4 Å². The fraction of sp³-hybridized carbons (Fsp3) is 0.600. The average Bonchev–Trinajstić information content (AvgIpc) is 3.02. The van der Waals surface area contributed by atoms with Crippen molar-refractivity contribution in [2.24, 2.45) is 17.6 Å². The Morgan fingerprint density at radius 1 is 1.30 bits per heavy atom. The number of rotatable bonds is 7. The molecule has 110 valence electrons. The highest BCUT2D eigenvalue weighted by Gasteiger charge is 2.16. The zero-order valence-electron chi connectivity index (χ0n) is 12.4. The van der Waals surface area contributed by atoms with Gasteiger partial charge in [0.05, 0.1) is 0 Å². The molecule has 0 bridgehead atoms. The largest absolute Gasteiger partial charge is 0.339 e.